The molecule has 9 heteroatoms. The van der Waals surface area contributed by atoms with Gasteiger partial charge in [0.25, 0.3) is 11.1 Å². The van der Waals surface area contributed by atoms with Gasteiger partial charge in [0.2, 0.25) is 0 Å². The van der Waals surface area contributed by atoms with Gasteiger partial charge in [0.1, 0.15) is 6.54 Å². The normalized spacial score (nSPS) is 16.5. The standard InChI is InChI=1S/C20H24BrNO6S/c1-6-12(4)28-18-14(21)7-13(8-15(18)26-5)9-16-19(24)22(20(25)29-16)10-17(23)27-11(2)3/h7-9,11-12H,6,10H2,1-5H3/b16-9+/t12-/m1/s1. The van der Waals surface area contributed by atoms with Crippen molar-refractivity contribution in [1.82, 2.24) is 4.90 Å². The van der Waals surface area contributed by atoms with Crippen molar-refractivity contribution in [2.45, 2.75) is 46.3 Å². The minimum Gasteiger partial charge on any atom is -0.493 e. The van der Waals surface area contributed by atoms with Gasteiger partial charge >= 0.3 is 5.97 Å². The minimum atomic E-state index is -0.625. The van der Waals surface area contributed by atoms with Gasteiger partial charge < -0.3 is 14.2 Å². The molecule has 0 radical (unpaired) electrons. The van der Waals surface area contributed by atoms with Crippen LogP contribution in [-0.4, -0.2) is 47.9 Å². The Morgan fingerprint density at radius 2 is 1.97 bits per heavy atom. The Morgan fingerprint density at radius 1 is 1.28 bits per heavy atom. The summed E-state index contributed by atoms with van der Waals surface area (Å²) in [6, 6.07) is 3.50. The van der Waals surface area contributed by atoms with Crippen molar-refractivity contribution >= 4 is 50.9 Å². The van der Waals surface area contributed by atoms with Crippen molar-refractivity contribution in [2.75, 3.05) is 13.7 Å². The number of thioether (sulfide) groups is 1. The van der Waals surface area contributed by atoms with Gasteiger partial charge in [-0.1, -0.05) is 6.92 Å². The van der Waals surface area contributed by atoms with Gasteiger partial charge in [-0.15, -0.1) is 0 Å². The largest absolute Gasteiger partial charge is 0.493 e. The van der Waals surface area contributed by atoms with Gasteiger partial charge in [-0.05, 0) is 78.7 Å². The third-order valence-electron chi connectivity index (χ3n) is 3.97. The maximum atomic E-state index is 12.6. The lowest BCUT2D eigenvalue weighted by Crippen LogP contribution is -2.35. The van der Waals surface area contributed by atoms with Crippen LogP contribution in [0.3, 0.4) is 0 Å². The number of nitrogens with zero attached hydrogens (tertiary/aromatic N) is 1. The van der Waals surface area contributed by atoms with E-state index in [1.54, 1.807) is 32.1 Å². The summed E-state index contributed by atoms with van der Waals surface area (Å²) in [7, 11) is 1.53. The van der Waals surface area contributed by atoms with Crippen molar-refractivity contribution < 1.29 is 28.6 Å². The van der Waals surface area contributed by atoms with Crippen molar-refractivity contribution in [3.63, 3.8) is 0 Å². The zero-order chi connectivity index (χ0) is 21.7. The molecule has 0 spiro atoms. The lowest BCUT2D eigenvalue weighted by Gasteiger charge is -2.17. The van der Waals surface area contributed by atoms with E-state index in [0.29, 0.717) is 21.5 Å². The SMILES string of the molecule is CC[C@@H](C)Oc1c(Br)cc(/C=C2/SC(=O)N(CC(=O)OC(C)C)C2=O)cc1OC. The number of hydrogen-bond donors (Lipinski definition) is 0. The van der Waals surface area contributed by atoms with Crippen LogP contribution in [0.5, 0.6) is 11.5 Å². The number of amides is 2. The number of rotatable bonds is 8. The lowest BCUT2D eigenvalue weighted by atomic mass is 10.1. The molecule has 1 fully saturated rings. The molecule has 7 nitrogen and oxygen atoms in total. The Balaban J connectivity index is 2.25. The molecule has 1 saturated heterocycles. The first-order valence-electron chi connectivity index (χ1n) is 9.15. The van der Waals surface area contributed by atoms with Crippen LogP contribution in [0.4, 0.5) is 4.79 Å². The molecule has 0 N–H and O–H groups in total. The van der Waals surface area contributed by atoms with E-state index in [4.69, 9.17) is 14.2 Å². The van der Waals surface area contributed by atoms with Crippen LogP contribution in [0.25, 0.3) is 6.08 Å². The Labute approximate surface area is 182 Å². The van der Waals surface area contributed by atoms with Gasteiger partial charge in [0, 0.05) is 0 Å². The summed E-state index contributed by atoms with van der Waals surface area (Å²) in [4.78, 5) is 37.7. The zero-order valence-corrected chi connectivity index (χ0v) is 19.4. The molecule has 1 heterocycles. The first-order chi connectivity index (χ1) is 13.7. The van der Waals surface area contributed by atoms with Gasteiger partial charge in [0.05, 0.1) is 28.7 Å². The number of benzene rings is 1. The van der Waals surface area contributed by atoms with Crippen molar-refractivity contribution in [2.24, 2.45) is 0 Å². The molecule has 0 aliphatic carbocycles. The van der Waals surface area contributed by atoms with Crippen LogP contribution in [-0.2, 0) is 14.3 Å². The van der Waals surface area contributed by atoms with Crippen LogP contribution in [0.2, 0.25) is 0 Å². The fraction of sp³-hybridized carbons (Fsp3) is 0.450. The van der Waals surface area contributed by atoms with Crippen LogP contribution in [0, 0.1) is 0 Å². The van der Waals surface area contributed by atoms with E-state index < -0.39 is 23.7 Å². The van der Waals surface area contributed by atoms with Crippen molar-refractivity contribution in [1.29, 1.82) is 0 Å². The first-order valence-corrected chi connectivity index (χ1v) is 10.8. The number of imide groups is 1. The highest BCUT2D eigenvalue weighted by Crippen LogP contribution is 2.39. The maximum Gasteiger partial charge on any atom is 0.326 e. The fourth-order valence-corrected chi connectivity index (χ4v) is 3.83. The molecule has 158 valence electrons. The highest BCUT2D eigenvalue weighted by Gasteiger charge is 2.36. The number of esters is 1. The first kappa shape index (κ1) is 23.3. The van der Waals surface area contributed by atoms with Crippen molar-refractivity contribution in [3.05, 3.63) is 27.1 Å². The molecule has 1 atom stereocenters. The number of ether oxygens (including phenoxy) is 3. The second-order valence-electron chi connectivity index (χ2n) is 6.68. The van der Waals surface area contributed by atoms with Gasteiger partial charge in [-0.3, -0.25) is 19.3 Å². The molecule has 29 heavy (non-hydrogen) atoms. The molecular weight excluding hydrogens is 462 g/mol. The van der Waals surface area contributed by atoms with E-state index in [-0.39, 0.29) is 17.1 Å². The summed E-state index contributed by atoms with van der Waals surface area (Å²) in [5.41, 5.74) is 0.653. The van der Waals surface area contributed by atoms with Crippen LogP contribution < -0.4 is 9.47 Å². The third-order valence-corrected chi connectivity index (χ3v) is 5.47. The number of methoxy groups -OCH3 is 1. The highest BCUT2D eigenvalue weighted by atomic mass is 79.9. The molecule has 0 bridgehead atoms. The molecular formula is C20H24BrNO6S. The highest BCUT2D eigenvalue weighted by molar-refractivity contribution is 9.10. The predicted octanol–water partition coefficient (Wildman–Crippen LogP) is 4.62. The molecule has 0 saturated carbocycles. The molecule has 2 rings (SSSR count). The van der Waals surface area contributed by atoms with Crippen LogP contribution in [0.1, 0.15) is 39.7 Å². The minimum absolute atomic E-state index is 0.00754. The zero-order valence-electron chi connectivity index (χ0n) is 17.0. The van der Waals surface area contributed by atoms with Crippen LogP contribution >= 0.6 is 27.7 Å². The Morgan fingerprint density at radius 3 is 2.55 bits per heavy atom. The molecule has 1 aliphatic rings. The molecule has 0 unspecified atom stereocenters. The summed E-state index contributed by atoms with van der Waals surface area (Å²) in [6.07, 6.45) is 2.11. The smallest absolute Gasteiger partial charge is 0.326 e. The topological polar surface area (TPSA) is 82.1 Å². The van der Waals surface area contributed by atoms with Gasteiger partial charge in [0.15, 0.2) is 11.5 Å². The molecule has 1 aromatic rings. The maximum absolute atomic E-state index is 12.6. The average Bonchev–Trinajstić information content (AvgIpc) is 2.90. The van der Waals surface area contributed by atoms with Gasteiger partial charge in [-0.2, -0.15) is 0 Å². The Kier molecular flexibility index (Phi) is 8.15. The summed E-state index contributed by atoms with van der Waals surface area (Å²) < 4.78 is 17.0. The Bertz CT molecular complexity index is 839. The van der Waals surface area contributed by atoms with Crippen LogP contribution in [0.15, 0.2) is 21.5 Å². The third kappa shape index (κ3) is 5.99. The lowest BCUT2D eigenvalue weighted by molar-refractivity contribution is -0.149. The van der Waals surface area contributed by atoms with E-state index in [2.05, 4.69) is 15.9 Å². The van der Waals surface area contributed by atoms with E-state index in [1.165, 1.54) is 7.11 Å². The molecule has 1 aliphatic heterocycles. The predicted molar refractivity (Wildman–Crippen MR) is 115 cm³/mol. The van der Waals surface area contributed by atoms with E-state index in [9.17, 15) is 14.4 Å². The number of carbonyl (C=O) groups is 3. The number of hydrogen-bond acceptors (Lipinski definition) is 7. The Hall–Kier alpha value is -2.00. The molecule has 1 aromatic carbocycles. The summed E-state index contributed by atoms with van der Waals surface area (Å²) >= 11 is 4.25. The number of carbonyl (C=O) groups excluding carboxylic acids is 3. The quantitative estimate of drug-likeness (QED) is 0.392. The second-order valence-corrected chi connectivity index (χ2v) is 8.52. The van der Waals surface area contributed by atoms with E-state index in [1.807, 2.05) is 13.8 Å². The average molecular weight is 486 g/mol. The summed E-state index contributed by atoms with van der Waals surface area (Å²) in [5, 5.41) is -0.510. The summed E-state index contributed by atoms with van der Waals surface area (Å²) in [5.74, 6) is -0.0792. The molecule has 0 aromatic heterocycles. The monoisotopic (exact) mass is 485 g/mol. The fourth-order valence-electron chi connectivity index (χ4n) is 2.44. The second kappa shape index (κ2) is 10.2. The van der Waals surface area contributed by atoms with Gasteiger partial charge in [-0.25, -0.2) is 0 Å². The van der Waals surface area contributed by atoms with Crippen molar-refractivity contribution in [3.8, 4) is 11.5 Å². The van der Waals surface area contributed by atoms with E-state index in [0.717, 1.165) is 23.1 Å². The molecule has 2 amide bonds. The summed E-state index contributed by atoms with van der Waals surface area (Å²) in [6.45, 7) is 6.97. The van der Waals surface area contributed by atoms with E-state index >= 15 is 0 Å². The number of halogens is 1.